The number of para-hydroxylation sites is 1. The van der Waals surface area contributed by atoms with Crippen molar-refractivity contribution < 1.29 is 9.63 Å². The van der Waals surface area contributed by atoms with Crippen LogP contribution in [0.25, 0.3) is 10.9 Å². The molecule has 6 heteroatoms. The van der Waals surface area contributed by atoms with E-state index in [1.165, 1.54) is 10.9 Å². The van der Waals surface area contributed by atoms with E-state index in [9.17, 15) is 5.11 Å². The number of aryl methyl sites for hydroxylation is 1. The molecule has 2 atom stereocenters. The van der Waals surface area contributed by atoms with E-state index in [0.717, 1.165) is 30.7 Å². The Hall–Kier alpha value is -2.31. The number of likely N-dealkylation sites (tertiary alicyclic amines) is 1. The number of fused-ring (bicyclic) bond motifs is 1. The molecule has 0 radical (unpaired) electrons. The Kier molecular flexibility index (Phi) is 4.46. The van der Waals surface area contributed by atoms with Crippen molar-refractivity contribution in [1.29, 1.82) is 0 Å². The van der Waals surface area contributed by atoms with E-state index in [1.54, 1.807) is 0 Å². The van der Waals surface area contributed by atoms with Crippen LogP contribution in [-0.2, 0) is 19.4 Å². The molecule has 130 valence electrons. The minimum Gasteiger partial charge on any atom is -0.391 e. The molecule has 1 aliphatic heterocycles. The van der Waals surface area contributed by atoms with Gasteiger partial charge in [0.2, 0.25) is 5.89 Å². The lowest BCUT2D eigenvalue weighted by molar-refractivity contribution is 0.139. The van der Waals surface area contributed by atoms with Gasteiger partial charge in [-0.25, -0.2) is 0 Å². The number of pyridine rings is 1. The van der Waals surface area contributed by atoms with Gasteiger partial charge in [0.15, 0.2) is 5.82 Å². The molecule has 2 unspecified atom stereocenters. The molecule has 1 N–H and O–H groups in total. The van der Waals surface area contributed by atoms with Gasteiger partial charge in [0.1, 0.15) is 0 Å². The molecule has 1 fully saturated rings. The van der Waals surface area contributed by atoms with Gasteiger partial charge in [-0.15, -0.1) is 0 Å². The Bertz CT molecular complexity index is 858. The van der Waals surface area contributed by atoms with E-state index in [-0.39, 0.29) is 12.0 Å². The molecule has 0 bridgehead atoms. The summed E-state index contributed by atoms with van der Waals surface area (Å²) in [5.41, 5.74) is 2.24. The Balaban J connectivity index is 1.46. The molecular weight excluding hydrogens is 316 g/mol. The normalized spacial score (nSPS) is 21.2. The van der Waals surface area contributed by atoms with Crippen LogP contribution in [0.4, 0.5) is 0 Å². The lowest BCUT2D eigenvalue weighted by atomic mass is 9.94. The Labute approximate surface area is 146 Å². The van der Waals surface area contributed by atoms with E-state index in [4.69, 9.17) is 4.52 Å². The largest absolute Gasteiger partial charge is 0.391 e. The summed E-state index contributed by atoms with van der Waals surface area (Å²) in [5, 5.41) is 15.6. The molecule has 4 rings (SSSR count). The smallest absolute Gasteiger partial charge is 0.240 e. The maximum Gasteiger partial charge on any atom is 0.240 e. The fourth-order valence-electron chi connectivity index (χ4n) is 3.58. The number of hydrogen-bond acceptors (Lipinski definition) is 6. The van der Waals surface area contributed by atoms with Crippen LogP contribution in [0.1, 0.15) is 24.2 Å². The number of aromatic nitrogens is 3. The van der Waals surface area contributed by atoms with Crippen LogP contribution in [-0.4, -0.2) is 44.3 Å². The predicted molar refractivity (Wildman–Crippen MR) is 93.9 cm³/mol. The van der Waals surface area contributed by atoms with E-state index in [2.05, 4.69) is 32.2 Å². The van der Waals surface area contributed by atoms with E-state index < -0.39 is 0 Å². The monoisotopic (exact) mass is 338 g/mol. The van der Waals surface area contributed by atoms with Crippen LogP contribution in [0.3, 0.4) is 0 Å². The zero-order chi connectivity index (χ0) is 17.2. The van der Waals surface area contributed by atoms with Crippen molar-refractivity contribution in [2.45, 2.75) is 32.4 Å². The number of aliphatic hydroxyl groups is 1. The molecule has 1 aliphatic rings. The van der Waals surface area contributed by atoms with Gasteiger partial charge in [0.25, 0.3) is 0 Å². The third-order valence-electron chi connectivity index (χ3n) is 4.89. The second-order valence-corrected chi connectivity index (χ2v) is 6.67. The Morgan fingerprint density at radius 1 is 1.24 bits per heavy atom. The molecule has 0 amide bonds. The second-order valence-electron chi connectivity index (χ2n) is 6.67. The average Bonchev–Trinajstić information content (AvgIpc) is 3.22. The van der Waals surface area contributed by atoms with Gasteiger partial charge >= 0.3 is 0 Å². The third-order valence-corrected chi connectivity index (χ3v) is 4.89. The van der Waals surface area contributed by atoms with Crippen molar-refractivity contribution in [2.24, 2.45) is 5.92 Å². The Morgan fingerprint density at radius 2 is 2.12 bits per heavy atom. The summed E-state index contributed by atoms with van der Waals surface area (Å²) in [5.74, 6) is 1.55. The zero-order valence-corrected chi connectivity index (χ0v) is 14.3. The van der Waals surface area contributed by atoms with E-state index >= 15 is 0 Å². The molecule has 0 aliphatic carbocycles. The molecule has 6 nitrogen and oxygen atoms in total. The number of aliphatic hydroxyl groups excluding tert-OH is 1. The van der Waals surface area contributed by atoms with Crippen LogP contribution in [0.15, 0.2) is 41.1 Å². The highest BCUT2D eigenvalue weighted by Crippen LogP contribution is 2.26. The lowest BCUT2D eigenvalue weighted by Gasteiger charge is -2.15. The highest BCUT2D eigenvalue weighted by Gasteiger charge is 2.32. The predicted octanol–water partition coefficient (Wildman–Crippen LogP) is 2.22. The van der Waals surface area contributed by atoms with Crippen LogP contribution in [0.5, 0.6) is 0 Å². The van der Waals surface area contributed by atoms with Gasteiger partial charge in [-0.1, -0.05) is 30.3 Å². The first kappa shape index (κ1) is 16.2. The van der Waals surface area contributed by atoms with Crippen LogP contribution >= 0.6 is 0 Å². The standard InChI is InChI=1S/C19H22N4O2/c1-2-18-21-19(25-22-18)12-23-10-14(17(24)11-23)9-13-7-8-20-16-6-4-3-5-15(13)16/h3-8,14,17,24H,2,9-12H2,1H3. The summed E-state index contributed by atoms with van der Waals surface area (Å²) in [7, 11) is 0. The van der Waals surface area contributed by atoms with Crippen molar-refractivity contribution in [3.8, 4) is 0 Å². The second kappa shape index (κ2) is 6.90. The van der Waals surface area contributed by atoms with E-state index in [1.807, 2.05) is 31.3 Å². The highest BCUT2D eigenvalue weighted by atomic mass is 16.5. The lowest BCUT2D eigenvalue weighted by Crippen LogP contribution is -2.21. The van der Waals surface area contributed by atoms with Gasteiger partial charge in [0.05, 0.1) is 18.2 Å². The molecule has 25 heavy (non-hydrogen) atoms. The number of rotatable bonds is 5. The number of hydrogen-bond donors (Lipinski definition) is 1. The molecule has 0 spiro atoms. The highest BCUT2D eigenvalue weighted by molar-refractivity contribution is 5.81. The van der Waals surface area contributed by atoms with Crippen molar-refractivity contribution in [3.63, 3.8) is 0 Å². The van der Waals surface area contributed by atoms with Crippen LogP contribution in [0.2, 0.25) is 0 Å². The minimum absolute atomic E-state index is 0.194. The summed E-state index contributed by atoms with van der Waals surface area (Å²) in [6, 6.07) is 10.2. The minimum atomic E-state index is -0.347. The van der Waals surface area contributed by atoms with E-state index in [0.29, 0.717) is 19.0 Å². The third kappa shape index (κ3) is 3.41. The average molecular weight is 338 g/mol. The summed E-state index contributed by atoms with van der Waals surface area (Å²) >= 11 is 0. The molecule has 3 heterocycles. The first-order valence-electron chi connectivity index (χ1n) is 8.77. The molecule has 2 aromatic heterocycles. The first-order chi connectivity index (χ1) is 12.2. The molecule has 1 saturated heterocycles. The SMILES string of the molecule is CCc1noc(CN2CC(O)C(Cc3ccnc4ccccc34)C2)n1. The van der Waals surface area contributed by atoms with Gasteiger partial charge in [-0.2, -0.15) is 4.98 Å². The maximum absolute atomic E-state index is 10.5. The van der Waals surface area contributed by atoms with Gasteiger partial charge in [0, 0.05) is 37.0 Å². The summed E-state index contributed by atoms with van der Waals surface area (Å²) in [4.78, 5) is 11.0. The molecular formula is C19H22N4O2. The van der Waals surface area contributed by atoms with Crippen molar-refractivity contribution in [1.82, 2.24) is 20.0 Å². The van der Waals surface area contributed by atoms with Crippen molar-refractivity contribution >= 4 is 10.9 Å². The van der Waals surface area contributed by atoms with Crippen LogP contribution in [0, 0.1) is 5.92 Å². The quantitative estimate of drug-likeness (QED) is 0.769. The van der Waals surface area contributed by atoms with Gasteiger partial charge < -0.3 is 9.63 Å². The van der Waals surface area contributed by atoms with Crippen LogP contribution < -0.4 is 0 Å². The summed E-state index contributed by atoms with van der Waals surface area (Å²) in [6.07, 6.45) is 3.11. The molecule has 1 aromatic carbocycles. The molecule has 3 aromatic rings. The molecule has 0 saturated carbocycles. The Morgan fingerprint density at radius 3 is 2.96 bits per heavy atom. The zero-order valence-electron chi connectivity index (χ0n) is 14.3. The summed E-state index contributed by atoms with van der Waals surface area (Å²) < 4.78 is 5.27. The summed E-state index contributed by atoms with van der Waals surface area (Å²) in [6.45, 7) is 4.06. The fourth-order valence-corrected chi connectivity index (χ4v) is 3.58. The van der Waals surface area contributed by atoms with Gasteiger partial charge in [-0.05, 0) is 24.1 Å². The van der Waals surface area contributed by atoms with Gasteiger partial charge in [-0.3, -0.25) is 9.88 Å². The number of nitrogens with zero attached hydrogens (tertiary/aromatic N) is 4. The number of β-amino-alcohol motifs (C(OH)–C–C–N with tert-alkyl or cyclic N) is 1. The van der Waals surface area contributed by atoms with Crippen molar-refractivity contribution in [3.05, 3.63) is 53.8 Å². The topological polar surface area (TPSA) is 75.3 Å². The maximum atomic E-state index is 10.5. The fraction of sp³-hybridized carbons (Fsp3) is 0.421. The number of benzene rings is 1. The van der Waals surface area contributed by atoms with Crippen molar-refractivity contribution in [2.75, 3.05) is 13.1 Å². The first-order valence-corrected chi connectivity index (χ1v) is 8.77.